The molecule has 2 N–H and O–H groups in total. The fraction of sp³-hybridized carbons (Fsp3) is 0.0500. The van der Waals surface area contributed by atoms with Crippen LogP contribution in [-0.2, 0) is 0 Å². The second-order valence-electron chi connectivity index (χ2n) is 5.37. The monoisotopic (exact) mass is 352 g/mol. The van der Waals surface area contributed by atoms with Crippen LogP contribution in [0.2, 0.25) is 5.02 Å². The molecule has 0 bridgehead atoms. The zero-order valence-electron chi connectivity index (χ0n) is 13.6. The molecule has 0 aliphatic carbocycles. The SMILES string of the molecule is COc1ccccc1Nc1ccc(NC(=O)c2cccc(Cl)c2)cc1. The topological polar surface area (TPSA) is 50.4 Å². The van der Waals surface area contributed by atoms with Gasteiger partial charge in [0, 0.05) is 22.0 Å². The van der Waals surface area contributed by atoms with E-state index in [2.05, 4.69) is 10.6 Å². The molecule has 3 aromatic carbocycles. The number of para-hydroxylation sites is 2. The predicted octanol–water partition coefficient (Wildman–Crippen LogP) is 5.34. The summed E-state index contributed by atoms with van der Waals surface area (Å²) in [6.07, 6.45) is 0. The maximum absolute atomic E-state index is 12.2. The molecule has 0 aliphatic rings. The van der Waals surface area contributed by atoms with Crippen LogP contribution >= 0.6 is 11.6 Å². The first-order chi connectivity index (χ1) is 12.2. The van der Waals surface area contributed by atoms with Gasteiger partial charge in [-0.05, 0) is 54.6 Å². The van der Waals surface area contributed by atoms with Gasteiger partial charge in [0.15, 0.2) is 0 Å². The first kappa shape index (κ1) is 16.9. The first-order valence-electron chi connectivity index (χ1n) is 7.73. The minimum atomic E-state index is -0.201. The fourth-order valence-corrected chi connectivity index (χ4v) is 2.56. The van der Waals surface area contributed by atoms with Crippen LogP contribution in [0.5, 0.6) is 5.75 Å². The van der Waals surface area contributed by atoms with Crippen LogP contribution in [0.4, 0.5) is 17.1 Å². The number of nitrogens with one attached hydrogen (secondary N) is 2. The normalized spacial score (nSPS) is 10.2. The van der Waals surface area contributed by atoms with Crippen LogP contribution in [0.15, 0.2) is 72.8 Å². The summed E-state index contributed by atoms with van der Waals surface area (Å²) in [5, 5.41) is 6.67. The number of methoxy groups -OCH3 is 1. The van der Waals surface area contributed by atoms with E-state index < -0.39 is 0 Å². The van der Waals surface area contributed by atoms with Crippen molar-refractivity contribution in [1.29, 1.82) is 0 Å². The lowest BCUT2D eigenvalue weighted by Gasteiger charge is -2.11. The van der Waals surface area contributed by atoms with E-state index in [-0.39, 0.29) is 5.91 Å². The van der Waals surface area contributed by atoms with Crippen molar-refractivity contribution in [3.05, 3.63) is 83.4 Å². The lowest BCUT2D eigenvalue weighted by molar-refractivity contribution is 0.102. The van der Waals surface area contributed by atoms with Gasteiger partial charge in [0.25, 0.3) is 5.91 Å². The zero-order chi connectivity index (χ0) is 17.6. The number of hydrogen-bond acceptors (Lipinski definition) is 3. The van der Waals surface area contributed by atoms with Crippen LogP contribution < -0.4 is 15.4 Å². The number of amides is 1. The molecule has 0 spiro atoms. The third kappa shape index (κ3) is 4.31. The summed E-state index contributed by atoms with van der Waals surface area (Å²) in [5.74, 6) is 0.564. The third-order valence-electron chi connectivity index (χ3n) is 3.62. The highest BCUT2D eigenvalue weighted by atomic mass is 35.5. The van der Waals surface area contributed by atoms with E-state index in [0.29, 0.717) is 16.3 Å². The molecule has 0 saturated heterocycles. The molecule has 0 heterocycles. The van der Waals surface area contributed by atoms with Crippen molar-refractivity contribution >= 4 is 34.6 Å². The zero-order valence-corrected chi connectivity index (χ0v) is 14.4. The van der Waals surface area contributed by atoms with E-state index in [1.807, 2.05) is 48.5 Å². The lowest BCUT2D eigenvalue weighted by atomic mass is 10.2. The summed E-state index contributed by atoms with van der Waals surface area (Å²) in [7, 11) is 1.63. The summed E-state index contributed by atoms with van der Waals surface area (Å²) in [6.45, 7) is 0. The van der Waals surface area contributed by atoms with Crippen LogP contribution in [0.1, 0.15) is 10.4 Å². The summed E-state index contributed by atoms with van der Waals surface area (Å²) >= 11 is 5.92. The van der Waals surface area contributed by atoms with Crippen LogP contribution in [0.3, 0.4) is 0 Å². The largest absolute Gasteiger partial charge is 0.495 e. The lowest BCUT2D eigenvalue weighted by Crippen LogP contribution is -2.11. The third-order valence-corrected chi connectivity index (χ3v) is 3.85. The maximum atomic E-state index is 12.2. The molecule has 4 nitrogen and oxygen atoms in total. The first-order valence-corrected chi connectivity index (χ1v) is 8.10. The molecule has 3 rings (SSSR count). The molecular weight excluding hydrogens is 336 g/mol. The highest BCUT2D eigenvalue weighted by Crippen LogP contribution is 2.27. The van der Waals surface area contributed by atoms with Gasteiger partial charge in [-0.25, -0.2) is 0 Å². The Kier molecular flexibility index (Phi) is 5.21. The van der Waals surface area contributed by atoms with Gasteiger partial charge in [-0.3, -0.25) is 4.79 Å². The number of benzene rings is 3. The van der Waals surface area contributed by atoms with Gasteiger partial charge in [0.05, 0.1) is 12.8 Å². The molecule has 0 unspecified atom stereocenters. The molecule has 0 atom stereocenters. The minimum absolute atomic E-state index is 0.201. The molecule has 0 radical (unpaired) electrons. The second kappa shape index (κ2) is 7.73. The fourth-order valence-electron chi connectivity index (χ4n) is 2.37. The van der Waals surface area contributed by atoms with Crippen LogP contribution in [-0.4, -0.2) is 13.0 Å². The Hall–Kier alpha value is -2.98. The van der Waals surface area contributed by atoms with Crippen molar-refractivity contribution < 1.29 is 9.53 Å². The van der Waals surface area contributed by atoms with Crippen molar-refractivity contribution in [2.75, 3.05) is 17.7 Å². The van der Waals surface area contributed by atoms with Crippen molar-refractivity contribution in [1.82, 2.24) is 0 Å². The number of rotatable bonds is 5. The Labute approximate surface area is 151 Å². The Bertz CT molecular complexity index is 879. The Morgan fingerprint density at radius 2 is 1.64 bits per heavy atom. The highest BCUT2D eigenvalue weighted by molar-refractivity contribution is 6.31. The minimum Gasteiger partial charge on any atom is -0.495 e. The molecule has 0 aromatic heterocycles. The number of carbonyl (C=O) groups is 1. The number of anilines is 3. The average Bonchev–Trinajstić information content (AvgIpc) is 2.64. The van der Waals surface area contributed by atoms with E-state index in [1.54, 1.807) is 31.4 Å². The van der Waals surface area contributed by atoms with Crippen molar-refractivity contribution in [3.63, 3.8) is 0 Å². The molecule has 0 fully saturated rings. The highest BCUT2D eigenvalue weighted by Gasteiger charge is 2.07. The van der Waals surface area contributed by atoms with Gasteiger partial charge in [0.2, 0.25) is 0 Å². The second-order valence-corrected chi connectivity index (χ2v) is 5.80. The van der Waals surface area contributed by atoms with Crippen LogP contribution in [0.25, 0.3) is 0 Å². The molecular formula is C20H17ClN2O2. The maximum Gasteiger partial charge on any atom is 0.255 e. The Morgan fingerprint density at radius 3 is 2.36 bits per heavy atom. The number of halogens is 1. The molecule has 0 saturated carbocycles. The van der Waals surface area contributed by atoms with Gasteiger partial charge in [0.1, 0.15) is 5.75 Å². The quantitative estimate of drug-likeness (QED) is 0.651. The predicted molar refractivity (Wildman–Crippen MR) is 102 cm³/mol. The van der Waals surface area contributed by atoms with Gasteiger partial charge in [-0.15, -0.1) is 0 Å². The number of carbonyl (C=O) groups excluding carboxylic acids is 1. The van der Waals surface area contributed by atoms with E-state index >= 15 is 0 Å². The van der Waals surface area contributed by atoms with Crippen molar-refractivity contribution in [3.8, 4) is 5.75 Å². The summed E-state index contributed by atoms with van der Waals surface area (Å²) in [4.78, 5) is 12.2. The smallest absolute Gasteiger partial charge is 0.255 e. The van der Waals surface area contributed by atoms with Gasteiger partial charge < -0.3 is 15.4 Å². The Balaban J connectivity index is 1.69. The molecule has 1 amide bonds. The van der Waals surface area contributed by atoms with E-state index in [1.165, 1.54) is 0 Å². The Morgan fingerprint density at radius 1 is 0.920 bits per heavy atom. The molecule has 3 aromatic rings. The van der Waals surface area contributed by atoms with Crippen LogP contribution in [0, 0.1) is 0 Å². The average molecular weight is 353 g/mol. The summed E-state index contributed by atoms with van der Waals surface area (Å²) < 4.78 is 5.32. The molecule has 0 aliphatic heterocycles. The van der Waals surface area contributed by atoms with E-state index in [9.17, 15) is 4.79 Å². The van der Waals surface area contributed by atoms with Gasteiger partial charge in [-0.2, -0.15) is 0 Å². The summed E-state index contributed by atoms with van der Waals surface area (Å²) in [5.41, 5.74) is 2.99. The van der Waals surface area contributed by atoms with Crippen molar-refractivity contribution in [2.24, 2.45) is 0 Å². The molecule has 126 valence electrons. The van der Waals surface area contributed by atoms with E-state index in [4.69, 9.17) is 16.3 Å². The summed E-state index contributed by atoms with van der Waals surface area (Å²) in [6, 6.07) is 22.0. The standard InChI is InChI=1S/C20H17ClN2O2/c1-25-19-8-3-2-7-18(19)22-16-9-11-17(12-10-16)23-20(24)14-5-4-6-15(21)13-14/h2-13,22H,1H3,(H,23,24). The van der Waals surface area contributed by atoms with Gasteiger partial charge in [-0.1, -0.05) is 29.8 Å². The molecule has 25 heavy (non-hydrogen) atoms. The van der Waals surface area contributed by atoms with E-state index in [0.717, 1.165) is 17.1 Å². The molecule has 5 heteroatoms. The van der Waals surface area contributed by atoms with Crippen molar-refractivity contribution in [2.45, 2.75) is 0 Å². The number of hydrogen-bond donors (Lipinski definition) is 2. The van der Waals surface area contributed by atoms with Gasteiger partial charge >= 0.3 is 0 Å². The number of ether oxygens (including phenoxy) is 1.